The van der Waals surface area contributed by atoms with Crippen molar-refractivity contribution in [3.63, 3.8) is 0 Å². The zero-order valence-corrected chi connectivity index (χ0v) is 18.1. The molecule has 1 N–H and O–H groups in total. The van der Waals surface area contributed by atoms with Gasteiger partial charge in [-0.15, -0.1) is 0 Å². The van der Waals surface area contributed by atoms with Crippen LogP contribution in [-0.2, 0) is 17.8 Å². The molecule has 0 bridgehead atoms. The van der Waals surface area contributed by atoms with Crippen LogP contribution in [0.2, 0.25) is 0 Å². The molecule has 0 unspecified atom stereocenters. The lowest BCUT2D eigenvalue weighted by molar-refractivity contribution is -0.123. The van der Waals surface area contributed by atoms with E-state index >= 15 is 0 Å². The first-order valence-corrected chi connectivity index (χ1v) is 10.8. The average molecular weight is 435 g/mol. The predicted molar refractivity (Wildman–Crippen MR) is 120 cm³/mol. The molecule has 2 heterocycles. The number of amides is 1. The highest BCUT2D eigenvalue weighted by Crippen LogP contribution is 2.26. The Morgan fingerprint density at radius 1 is 1.16 bits per heavy atom. The SMILES string of the molecule is CCc1ccccc1OCC(=O)NCc1cc(=O)n2nc(-c3ccccc3C)sc2n1. The van der Waals surface area contributed by atoms with Gasteiger partial charge in [0.25, 0.3) is 11.5 Å². The molecule has 0 atom stereocenters. The molecule has 0 aliphatic rings. The van der Waals surface area contributed by atoms with Crippen molar-refractivity contribution in [1.82, 2.24) is 19.9 Å². The van der Waals surface area contributed by atoms with E-state index in [2.05, 4.69) is 15.4 Å². The van der Waals surface area contributed by atoms with Crippen LogP contribution in [0.5, 0.6) is 5.75 Å². The number of hydrogen-bond donors (Lipinski definition) is 1. The average Bonchev–Trinajstić information content (AvgIpc) is 3.21. The molecule has 0 saturated carbocycles. The summed E-state index contributed by atoms with van der Waals surface area (Å²) >= 11 is 1.34. The maximum absolute atomic E-state index is 12.5. The molecular formula is C23H22N4O3S. The van der Waals surface area contributed by atoms with Crippen LogP contribution in [0.1, 0.15) is 23.7 Å². The summed E-state index contributed by atoms with van der Waals surface area (Å²) in [5, 5.41) is 7.90. The number of carbonyl (C=O) groups excluding carboxylic acids is 1. The number of ether oxygens (including phenoxy) is 1. The van der Waals surface area contributed by atoms with E-state index in [-0.39, 0.29) is 24.6 Å². The summed E-state index contributed by atoms with van der Waals surface area (Å²) in [5.74, 6) is 0.421. The fourth-order valence-corrected chi connectivity index (χ4v) is 4.20. The number of nitrogens with one attached hydrogen (secondary N) is 1. The Bertz CT molecular complexity index is 1300. The first kappa shape index (κ1) is 20.7. The largest absolute Gasteiger partial charge is 0.483 e. The zero-order valence-electron chi connectivity index (χ0n) is 17.3. The van der Waals surface area contributed by atoms with Gasteiger partial charge in [0, 0.05) is 11.6 Å². The second kappa shape index (κ2) is 9.09. The highest BCUT2D eigenvalue weighted by atomic mass is 32.1. The lowest BCUT2D eigenvalue weighted by Crippen LogP contribution is -2.29. The second-order valence-corrected chi connectivity index (χ2v) is 7.98. The lowest BCUT2D eigenvalue weighted by Gasteiger charge is -2.10. The smallest absolute Gasteiger partial charge is 0.275 e. The van der Waals surface area contributed by atoms with Crippen LogP contribution < -0.4 is 15.6 Å². The predicted octanol–water partition coefficient (Wildman–Crippen LogP) is 3.38. The van der Waals surface area contributed by atoms with Crippen molar-refractivity contribution in [2.75, 3.05) is 6.61 Å². The Hall–Kier alpha value is -3.52. The molecule has 2 aromatic carbocycles. The molecule has 1 amide bonds. The molecule has 0 saturated heterocycles. The van der Waals surface area contributed by atoms with Crippen LogP contribution in [0.25, 0.3) is 15.5 Å². The van der Waals surface area contributed by atoms with Crippen molar-refractivity contribution in [1.29, 1.82) is 0 Å². The van der Waals surface area contributed by atoms with E-state index in [9.17, 15) is 9.59 Å². The van der Waals surface area contributed by atoms with Crippen LogP contribution in [0.3, 0.4) is 0 Å². The first-order chi connectivity index (χ1) is 15.0. The van der Waals surface area contributed by atoms with Crippen LogP contribution in [0.15, 0.2) is 59.4 Å². The third-order valence-electron chi connectivity index (χ3n) is 4.85. The molecule has 8 heteroatoms. The lowest BCUT2D eigenvalue weighted by atomic mass is 10.1. The quantitative estimate of drug-likeness (QED) is 0.482. The highest BCUT2D eigenvalue weighted by Gasteiger charge is 2.13. The van der Waals surface area contributed by atoms with Crippen molar-refractivity contribution >= 4 is 22.2 Å². The molecule has 7 nitrogen and oxygen atoms in total. The van der Waals surface area contributed by atoms with Gasteiger partial charge in [0.15, 0.2) is 6.61 Å². The van der Waals surface area contributed by atoms with Gasteiger partial charge < -0.3 is 10.1 Å². The van der Waals surface area contributed by atoms with E-state index in [0.717, 1.165) is 28.1 Å². The van der Waals surface area contributed by atoms with Gasteiger partial charge in [-0.3, -0.25) is 9.59 Å². The number of nitrogens with zero attached hydrogens (tertiary/aromatic N) is 3. The van der Waals surface area contributed by atoms with Gasteiger partial charge in [-0.2, -0.15) is 9.61 Å². The number of aryl methyl sites for hydroxylation is 2. The Labute approximate surface area is 183 Å². The molecule has 0 spiro atoms. The number of para-hydroxylation sites is 1. The van der Waals surface area contributed by atoms with Gasteiger partial charge in [0.2, 0.25) is 4.96 Å². The summed E-state index contributed by atoms with van der Waals surface area (Å²) in [7, 11) is 0. The molecule has 4 rings (SSSR count). The Morgan fingerprint density at radius 2 is 1.94 bits per heavy atom. The molecule has 0 aliphatic carbocycles. The number of fused-ring (bicyclic) bond motifs is 1. The fourth-order valence-electron chi connectivity index (χ4n) is 3.19. The third-order valence-corrected chi connectivity index (χ3v) is 5.79. The van der Waals surface area contributed by atoms with Crippen LogP contribution in [0, 0.1) is 6.92 Å². The van der Waals surface area contributed by atoms with Gasteiger partial charge in [0.05, 0.1) is 12.2 Å². The van der Waals surface area contributed by atoms with E-state index in [0.29, 0.717) is 16.4 Å². The molecule has 0 aliphatic heterocycles. The standard InChI is InChI=1S/C23H22N4O3S/c1-3-16-9-5-7-11-19(16)30-14-20(28)24-13-17-12-21(29)27-23(25-17)31-22(26-27)18-10-6-4-8-15(18)2/h4-12H,3,13-14H2,1-2H3,(H,24,28). The van der Waals surface area contributed by atoms with E-state index in [1.807, 2.05) is 62.4 Å². The number of aromatic nitrogens is 3. The zero-order chi connectivity index (χ0) is 21.8. The summed E-state index contributed by atoms with van der Waals surface area (Å²) in [5.41, 5.74) is 3.29. The van der Waals surface area contributed by atoms with E-state index in [1.54, 1.807) is 0 Å². The Morgan fingerprint density at radius 3 is 2.74 bits per heavy atom. The van der Waals surface area contributed by atoms with Crippen LogP contribution in [-0.4, -0.2) is 27.1 Å². The van der Waals surface area contributed by atoms with Gasteiger partial charge in [-0.25, -0.2) is 4.98 Å². The van der Waals surface area contributed by atoms with Gasteiger partial charge in [0.1, 0.15) is 10.8 Å². The minimum Gasteiger partial charge on any atom is -0.483 e. The molecular weight excluding hydrogens is 412 g/mol. The number of benzene rings is 2. The Kier molecular flexibility index (Phi) is 6.08. The topological polar surface area (TPSA) is 85.6 Å². The molecule has 0 radical (unpaired) electrons. The monoisotopic (exact) mass is 434 g/mol. The minimum atomic E-state index is -0.280. The highest BCUT2D eigenvalue weighted by molar-refractivity contribution is 7.19. The summed E-state index contributed by atoms with van der Waals surface area (Å²) < 4.78 is 6.92. The van der Waals surface area contributed by atoms with Crippen LogP contribution >= 0.6 is 11.3 Å². The molecule has 158 valence electrons. The van der Waals surface area contributed by atoms with Crippen molar-refractivity contribution in [2.45, 2.75) is 26.8 Å². The summed E-state index contributed by atoms with van der Waals surface area (Å²) in [6.07, 6.45) is 0.824. The molecule has 0 fully saturated rings. The van der Waals surface area contributed by atoms with E-state index < -0.39 is 0 Å². The number of hydrogen-bond acceptors (Lipinski definition) is 6. The van der Waals surface area contributed by atoms with Crippen molar-refractivity contribution in [3.8, 4) is 16.3 Å². The van der Waals surface area contributed by atoms with Crippen molar-refractivity contribution < 1.29 is 9.53 Å². The summed E-state index contributed by atoms with van der Waals surface area (Å²) in [6.45, 7) is 4.07. The fraction of sp³-hybridized carbons (Fsp3) is 0.217. The van der Waals surface area contributed by atoms with Gasteiger partial charge in [-0.1, -0.05) is 60.7 Å². The maximum atomic E-state index is 12.5. The van der Waals surface area contributed by atoms with E-state index in [4.69, 9.17) is 4.74 Å². The normalized spacial score (nSPS) is 10.9. The van der Waals surface area contributed by atoms with Gasteiger partial charge in [-0.05, 0) is 30.5 Å². The number of rotatable bonds is 7. The van der Waals surface area contributed by atoms with E-state index in [1.165, 1.54) is 21.9 Å². The van der Waals surface area contributed by atoms with Gasteiger partial charge >= 0.3 is 0 Å². The minimum absolute atomic E-state index is 0.101. The molecule has 4 aromatic rings. The van der Waals surface area contributed by atoms with Crippen molar-refractivity contribution in [2.24, 2.45) is 0 Å². The molecule has 31 heavy (non-hydrogen) atoms. The van der Waals surface area contributed by atoms with Crippen molar-refractivity contribution in [3.05, 3.63) is 81.8 Å². The van der Waals surface area contributed by atoms with Crippen LogP contribution in [0.4, 0.5) is 0 Å². The molecule has 2 aromatic heterocycles. The third kappa shape index (κ3) is 4.64. The maximum Gasteiger partial charge on any atom is 0.275 e. The summed E-state index contributed by atoms with van der Waals surface area (Å²) in [6, 6.07) is 16.9. The second-order valence-electron chi connectivity index (χ2n) is 7.03. The summed E-state index contributed by atoms with van der Waals surface area (Å²) in [4.78, 5) is 29.7. The Balaban J connectivity index is 1.44. The first-order valence-electron chi connectivity index (χ1n) is 9.98. The number of carbonyl (C=O) groups is 1.